The Hall–Kier alpha value is -3.37. The summed E-state index contributed by atoms with van der Waals surface area (Å²) in [7, 11) is 6.01. The average Bonchev–Trinajstić information content (AvgIpc) is 3.27. The van der Waals surface area contributed by atoms with E-state index in [2.05, 4.69) is 77.5 Å². The molecule has 0 atom stereocenters. The number of halogens is 1. The number of ether oxygens (including phenoxy) is 1. The van der Waals surface area contributed by atoms with Gasteiger partial charge in [-0.25, -0.2) is 9.97 Å². The molecule has 3 heterocycles. The molecule has 2 aromatic heterocycles. The van der Waals surface area contributed by atoms with Gasteiger partial charge in [0.25, 0.3) is 0 Å². The normalized spacial score (nSPS) is 14.4. The van der Waals surface area contributed by atoms with Crippen LogP contribution < -0.4 is 20.3 Å². The maximum atomic E-state index is 5.72. The van der Waals surface area contributed by atoms with Crippen LogP contribution in [0.4, 0.5) is 28.8 Å². The average molecular weight is 551 g/mol. The first-order valence-corrected chi connectivity index (χ1v) is 12.8. The van der Waals surface area contributed by atoms with Gasteiger partial charge >= 0.3 is 0 Å². The van der Waals surface area contributed by atoms with Crippen molar-refractivity contribution in [3.8, 4) is 5.75 Å². The van der Waals surface area contributed by atoms with Gasteiger partial charge in [-0.2, -0.15) is 4.98 Å². The van der Waals surface area contributed by atoms with Gasteiger partial charge < -0.3 is 30.2 Å². The van der Waals surface area contributed by atoms with Gasteiger partial charge in [0.15, 0.2) is 0 Å². The van der Waals surface area contributed by atoms with Gasteiger partial charge in [0.1, 0.15) is 22.9 Å². The van der Waals surface area contributed by atoms with E-state index in [0.29, 0.717) is 17.8 Å². The van der Waals surface area contributed by atoms with Gasteiger partial charge in [0, 0.05) is 37.1 Å². The Labute approximate surface area is 219 Å². The van der Waals surface area contributed by atoms with E-state index in [-0.39, 0.29) is 0 Å². The molecule has 0 aliphatic carbocycles. The zero-order valence-corrected chi connectivity index (χ0v) is 22.6. The highest BCUT2D eigenvalue weighted by Gasteiger charge is 2.21. The number of hydrogen-bond acceptors (Lipinski definition) is 8. The van der Waals surface area contributed by atoms with Gasteiger partial charge in [0.2, 0.25) is 5.95 Å². The van der Waals surface area contributed by atoms with Crippen molar-refractivity contribution in [3.05, 3.63) is 52.9 Å². The first-order chi connectivity index (χ1) is 17.4. The van der Waals surface area contributed by atoms with Crippen molar-refractivity contribution >= 4 is 55.8 Å². The predicted octanol–water partition coefficient (Wildman–Crippen LogP) is 5.45. The van der Waals surface area contributed by atoms with Crippen LogP contribution in [0, 0.1) is 6.92 Å². The monoisotopic (exact) mass is 550 g/mol. The molecule has 1 saturated heterocycles. The number of fused-ring (bicyclic) bond motifs is 1. The molecule has 0 bridgehead atoms. The Morgan fingerprint density at radius 1 is 1.08 bits per heavy atom. The highest BCUT2D eigenvalue weighted by molar-refractivity contribution is 9.10. The highest BCUT2D eigenvalue weighted by atomic mass is 79.9. The Morgan fingerprint density at radius 2 is 1.89 bits per heavy atom. The molecule has 0 saturated carbocycles. The van der Waals surface area contributed by atoms with Gasteiger partial charge in [-0.3, -0.25) is 0 Å². The number of anilines is 5. The number of aromatic nitrogens is 4. The Balaban J connectivity index is 1.34. The number of para-hydroxylation sites is 1. The second-order valence-corrected chi connectivity index (χ2v) is 10.1. The quantitative estimate of drug-likeness (QED) is 0.279. The third kappa shape index (κ3) is 5.10. The molecule has 1 aliphatic heterocycles. The maximum Gasteiger partial charge on any atom is 0.229 e. The fourth-order valence-electron chi connectivity index (χ4n) is 4.64. The molecule has 0 unspecified atom stereocenters. The zero-order valence-electron chi connectivity index (χ0n) is 21.0. The second-order valence-electron chi connectivity index (χ2n) is 9.23. The van der Waals surface area contributed by atoms with Gasteiger partial charge in [-0.05, 0) is 74.1 Å². The van der Waals surface area contributed by atoms with Crippen LogP contribution in [0.25, 0.3) is 11.0 Å². The van der Waals surface area contributed by atoms with Crippen molar-refractivity contribution in [3.63, 3.8) is 0 Å². The topological polar surface area (TPSA) is 94.2 Å². The third-order valence-electron chi connectivity index (χ3n) is 6.62. The van der Waals surface area contributed by atoms with Crippen molar-refractivity contribution in [2.75, 3.05) is 49.8 Å². The molecular weight excluding hydrogens is 520 g/mol. The number of aromatic amines is 1. The van der Waals surface area contributed by atoms with E-state index in [4.69, 9.17) is 9.72 Å². The van der Waals surface area contributed by atoms with Crippen molar-refractivity contribution in [1.29, 1.82) is 0 Å². The molecule has 0 radical (unpaired) electrons. The predicted molar refractivity (Wildman–Crippen MR) is 149 cm³/mol. The van der Waals surface area contributed by atoms with Crippen LogP contribution in [-0.2, 0) is 0 Å². The smallest absolute Gasteiger partial charge is 0.229 e. The molecule has 1 aliphatic rings. The van der Waals surface area contributed by atoms with Gasteiger partial charge in [0.05, 0.1) is 28.5 Å². The van der Waals surface area contributed by atoms with E-state index in [1.807, 2.05) is 31.2 Å². The molecule has 10 heteroatoms. The van der Waals surface area contributed by atoms with Gasteiger partial charge in [-0.1, -0.05) is 6.07 Å². The Kier molecular flexibility index (Phi) is 6.97. The minimum atomic E-state index is 0.462. The summed E-state index contributed by atoms with van der Waals surface area (Å²) in [6.07, 6.45) is 4.04. The Morgan fingerprint density at radius 3 is 2.64 bits per heavy atom. The summed E-state index contributed by atoms with van der Waals surface area (Å²) in [6.45, 7) is 4.01. The number of rotatable bonds is 7. The number of piperidine rings is 1. The summed E-state index contributed by atoms with van der Waals surface area (Å²) in [4.78, 5) is 21.8. The standard InChI is InChI=1S/C26H31BrN8O/c1-16-29-21-6-5-7-22(24(21)30-16)31-25-19(27)15-28-26(33-25)32-20-9-8-18(14-23(20)36-4)35-12-10-17(11-13-35)34(2)3/h5-9,14-15,17H,10-13H2,1-4H3,(H,29,30)(H2,28,31,32,33). The molecule has 188 valence electrons. The largest absolute Gasteiger partial charge is 0.494 e. The number of nitrogens with zero attached hydrogens (tertiary/aromatic N) is 5. The van der Waals surface area contributed by atoms with Crippen LogP contribution >= 0.6 is 15.9 Å². The lowest BCUT2D eigenvalue weighted by molar-refractivity contribution is 0.249. The molecule has 4 aromatic rings. The molecule has 1 fully saturated rings. The van der Waals surface area contributed by atoms with Crippen molar-refractivity contribution in [2.45, 2.75) is 25.8 Å². The van der Waals surface area contributed by atoms with Crippen molar-refractivity contribution < 1.29 is 4.74 Å². The SMILES string of the molecule is COc1cc(N2CCC(N(C)C)CC2)ccc1Nc1ncc(Br)c(Nc2cccc3[nH]c(C)nc23)n1. The van der Waals surface area contributed by atoms with Crippen LogP contribution in [0.1, 0.15) is 18.7 Å². The van der Waals surface area contributed by atoms with Crippen LogP contribution in [-0.4, -0.2) is 65.2 Å². The number of nitrogens with one attached hydrogen (secondary N) is 3. The van der Waals surface area contributed by atoms with E-state index < -0.39 is 0 Å². The molecular formula is C26H31BrN8O. The summed E-state index contributed by atoms with van der Waals surface area (Å²) >= 11 is 3.56. The molecule has 5 rings (SSSR count). The summed E-state index contributed by atoms with van der Waals surface area (Å²) in [5.41, 5.74) is 4.67. The maximum absolute atomic E-state index is 5.72. The number of imidazole rings is 1. The number of aryl methyl sites for hydroxylation is 1. The fourth-order valence-corrected chi connectivity index (χ4v) is 4.93. The van der Waals surface area contributed by atoms with E-state index >= 15 is 0 Å². The third-order valence-corrected chi connectivity index (χ3v) is 7.20. The van der Waals surface area contributed by atoms with Crippen molar-refractivity contribution in [1.82, 2.24) is 24.8 Å². The number of methoxy groups -OCH3 is 1. The van der Waals surface area contributed by atoms with Crippen LogP contribution in [0.15, 0.2) is 47.1 Å². The van der Waals surface area contributed by atoms with E-state index in [1.165, 1.54) is 0 Å². The molecule has 0 spiro atoms. The summed E-state index contributed by atoms with van der Waals surface area (Å²) in [5, 5.41) is 6.70. The minimum absolute atomic E-state index is 0.462. The fraction of sp³-hybridized carbons (Fsp3) is 0.346. The first-order valence-electron chi connectivity index (χ1n) is 12.0. The van der Waals surface area contributed by atoms with Crippen LogP contribution in [0.2, 0.25) is 0 Å². The molecule has 36 heavy (non-hydrogen) atoms. The van der Waals surface area contributed by atoms with E-state index in [1.54, 1.807) is 13.3 Å². The number of benzene rings is 2. The summed E-state index contributed by atoms with van der Waals surface area (Å²) in [6, 6.07) is 12.8. The van der Waals surface area contributed by atoms with Crippen molar-refractivity contribution in [2.24, 2.45) is 0 Å². The lowest BCUT2D eigenvalue weighted by Gasteiger charge is -2.36. The zero-order chi connectivity index (χ0) is 25.2. The summed E-state index contributed by atoms with van der Waals surface area (Å²) < 4.78 is 6.47. The second kappa shape index (κ2) is 10.3. The summed E-state index contributed by atoms with van der Waals surface area (Å²) in [5.74, 6) is 2.71. The minimum Gasteiger partial charge on any atom is -0.494 e. The van der Waals surface area contributed by atoms with Gasteiger partial charge in [-0.15, -0.1) is 0 Å². The highest BCUT2D eigenvalue weighted by Crippen LogP contribution is 2.34. The molecule has 3 N–H and O–H groups in total. The molecule has 2 aromatic carbocycles. The lowest BCUT2D eigenvalue weighted by Crippen LogP contribution is -2.41. The number of hydrogen-bond donors (Lipinski definition) is 3. The first kappa shape index (κ1) is 24.3. The lowest BCUT2D eigenvalue weighted by atomic mass is 10.0. The van der Waals surface area contributed by atoms with E-state index in [9.17, 15) is 0 Å². The van der Waals surface area contributed by atoms with E-state index in [0.717, 1.165) is 70.1 Å². The van der Waals surface area contributed by atoms with Crippen LogP contribution in [0.3, 0.4) is 0 Å². The molecule has 9 nitrogen and oxygen atoms in total. The Bertz CT molecular complexity index is 1360. The molecule has 0 amide bonds. The van der Waals surface area contributed by atoms with Crippen LogP contribution in [0.5, 0.6) is 5.75 Å². The number of H-pyrrole nitrogens is 1.